The SMILES string of the molecule is CN(C)c1ccc2c(c1)Oc1ccc(Nc3ccccc3Cl)cc1C21OC(=O)c2ccccc21. The van der Waals surface area contributed by atoms with Gasteiger partial charge in [-0.2, -0.15) is 0 Å². The molecule has 0 bridgehead atoms. The van der Waals surface area contributed by atoms with Crippen molar-refractivity contribution in [2.45, 2.75) is 5.60 Å². The topological polar surface area (TPSA) is 50.8 Å². The number of carbonyl (C=O) groups excluding carboxylic acids is 1. The summed E-state index contributed by atoms with van der Waals surface area (Å²) >= 11 is 6.37. The van der Waals surface area contributed by atoms with E-state index in [-0.39, 0.29) is 5.97 Å². The fourth-order valence-corrected chi connectivity index (χ4v) is 4.92. The number of ether oxygens (including phenoxy) is 2. The fraction of sp³-hybridized carbons (Fsp3) is 0.107. The van der Waals surface area contributed by atoms with E-state index in [1.165, 1.54) is 0 Å². The number of para-hydroxylation sites is 1. The molecule has 6 rings (SSSR count). The van der Waals surface area contributed by atoms with Crippen LogP contribution >= 0.6 is 11.6 Å². The molecule has 2 heterocycles. The molecule has 2 aliphatic heterocycles. The summed E-state index contributed by atoms with van der Waals surface area (Å²) in [6, 6.07) is 26.9. The number of esters is 1. The van der Waals surface area contributed by atoms with Gasteiger partial charge in [-0.15, -0.1) is 0 Å². The molecule has 4 aromatic carbocycles. The molecule has 1 spiro atoms. The van der Waals surface area contributed by atoms with Crippen LogP contribution < -0.4 is 15.0 Å². The third-order valence-corrected chi connectivity index (χ3v) is 6.69. The zero-order valence-corrected chi connectivity index (χ0v) is 19.4. The Morgan fingerprint density at radius 3 is 2.44 bits per heavy atom. The molecule has 0 radical (unpaired) electrons. The summed E-state index contributed by atoms with van der Waals surface area (Å²) in [5.74, 6) is 0.947. The lowest BCUT2D eigenvalue weighted by atomic mass is 9.77. The van der Waals surface area contributed by atoms with Crippen LogP contribution in [0.4, 0.5) is 17.1 Å². The van der Waals surface area contributed by atoms with Gasteiger partial charge in [0.05, 0.1) is 16.3 Å². The fourth-order valence-electron chi connectivity index (χ4n) is 4.74. The van der Waals surface area contributed by atoms with Gasteiger partial charge in [-0.05, 0) is 48.5 Å². The van der Waals surface area contributed by atoms with Crippen molar-refractivity contribution in [1.82, 2.24) is 0 Å². The second-order valence-corrected chi connectivity index (χ2v) is 9.02. The lowest BCUT2D eigenvalue weighted by Crippen LogP contribution is -2.33. The van der Waals surface area contributed by atoms with Crippen LogP contribution in [0.3, 0.4) is 0 Å². The van der Waals surface area contributed by atoms with Crippen LogP contribution in [0.25, 0.3) is 0 Å². The smallest absolute Gasteiger partial charge is 0.340 e. The van der Waals surface area contributed by atoms with Crippen LogP contribution in [0.1, 0.15) is 27.0 Å². The van der Waals surface area contributed by atoms with Gasteiger partial charge in [0.15, 0.2) is 5.60 Å². The minimum atomic E-state index is -1.11. The first-order valence-corrected chi connectivity index (χ1v) is 11.3. The number of halogens is 1. The monoisotopic (exact) mass is 468 g/mol. The largest absolute Gasteiger partial charge is 0.456 e. The van der Waals surface area contributed by atoms with Crippen molar-refractivity contribution in [1.29, 1.82) is 0 Å². The molecule has 0 amide bonds. The molecule has 4 aromatic rings. The number of fused-ring (bicyclic) bond motifs is 6. The number of benzene rings is 4. The van der Waals surface area contributed by atoms with Gasteiger partial charge in [-0.1, -0.05) is 41.9 Å². The van der Waals surface area contributed by atoms with E-state index < -0.39 is 5.60 Å². The minimum Gasteiger partial charge on any atom is -0.456 e. The van der Waals surface area contributed by atoms with Crippen LogP contribution in [-0.2, 0) is 10.3 Å². The second kappa shape index (κ2) is 7.54. The Morgan fingerprint density at radius 1 is 0.824 bits per heavy atom. The zero-order chi connectivity index (χ0) is 23.4. The van der Waals surface area contributed by atoms with E-state index in [1.807, 2.05) is 97.9 Å². The number of nitrogens with zero attached hydrogens (tertiary/aromatic N) is 1. The number of carbonyl (C=O) groups is 1. The van der Waals surface area contributed by atoms with Gasteiger partial charge in [0, 0.05) is 48.2 Å². The number of hydrogen-bond donors (Lipinski definition) is 1. The Bertz CT molecular complexity index is 1470. The van der Waals surface area contributed by atoms with E-state index >= 15 is 0 Å². The maximum atomic E-state index is 13.0. The summed E-state index contributed by atoms with van der Waals surface area (Å²) < 4.78 is 12.6. The highest BCUT2D eigenvalue weighted by molar-refractivity contribution is 6.33. The average Bonchev–Trinajstić information content (AvgIpc) is 3.14. The molecular formula is C28H21ClN2O3. The van der Waals surface area contributed by atoms with Gasteiger partial charge >= 0.3 is 5.97 Å². The van der Waals surface area contributed by atoms with E-state index in [9.17, 15) is 4.79 Å². The summed E-state index contributed by atoms with van der Waals surface area (Å²) in [6.07, 6.45) is 0. The lowest BCUT2D eigenvalue weighted by Gasteiger charge is -2.37. The molecule has 2 aliphatic rings. The minimum absolute atomic E-state index is 0.351. The first-order chi connectivity index (χ1) is 16.5. The van der Waals surface area contributed by atoms with Gasteiger partial charge in [-0.3, -0.25) is 0 Å². The summed E-state index contributed by atoms with van der Waals surface area (Å²) in [4.78, 5) is 15.1. The molecule has 5 nitrogen and oxygen atoms in total. The van der Waals surface area contributed by atoms with Crippen molar-refractivity contribution in [3.05, 3.63) is 112 Å². The van der Waals surface area contributed by atoms with Gasteiger partial charge in [0.25, 0.3) is 0 Å². The third kappa shape index (κ3) is 2.97. The van der Waals surface area contributed by atoms with Crippen LogP contribution in [0.15, 0.2) is 84.9 Å². The van der Waals surface area contributed by atoms with Crippen molar-refractivity contribution in [2.24, 2.45) is 0 Å². The molecule has 0 saturated heterocycles. The highest BCUT2D eigenvalue weighted by Crippen LogP contribution is 2.57. The third-order valence-electron chi connectivity index (χ3n) is 6.36. The van der Waals surface area contributed by atoms with Gasteiger partial charge in [0.1, 0.15) is 11.5 Å². The van der Waals surface area contributed by atoms with Gasteiger partial charge < -0.3 is 19.7 Å². The molecule has 0 fully saturated rings. The average molecular weight is 469 g/mol. The Balaban J connectivity index is 1.58. The normalized spacial score (nSPS) is 17.3. The van der Waals surface area contributed by atoms with Gasteiger partial charge in [-0.25, -0.2) is 4.79 Å². The van der Waals surface area contributed by atoms with Crippen LogP contribution in [0.2, 0.25) is 5.02 Å². The van der Waals surface area contributed by atoms with E-state index in [2.05, 4.69) is 5.32 Å². The Morgan fingerprint density at radius 2 is 1.62 bits per heavy atom. The molecule has 0 saturated carbocycles. The highest BCUT2D eigenvalue weighted by atomic mass is 35.5. The summed E-state index contributed by atoms with van der Waals surface area (Å²) in [5.41, 5.74) is 4.39. The molecule has 168 valence electrons. The summed E-state index contributed by atoms with van der Waals surface area (Å²) in [7, 11) is 3.96. The van der Waals surface area contributed by atoms with E-state index in [0.29, 0.717) is 22.1 Å². The van der Waals surface area contributed by atoms with Crippen LogP contribution in [0, 0.1) is 0 Å². The zero-order valence-electron chi connectivity index (χ0n) is 18.6. The van der Waals surface area contributed by atoms with Crippen molar-refractivity contribution < 1.29 is 14.3 Å². The quantitative estimate of drug-likeness (QED) is 0.338. The molecule has 1 N–H and O–H groups in total. The van der Waals surface area contributed by atoms with E-state index in [0.717, 1.165) is 33.8 Å². The predicted molar refractivity (Wildman–Crippen MR) is 134 cm³/mol. The number of rotatable bonds is 3. The Labute approximate surface area is 202 Å². The van der Waals surface area contributed by atoms with Crippen LogP contribution in [0.5, 0.6) is 11.5 Å². The molecule has 6 heteroatoms. The second-order valence-electron chi connectivity index (χ2n) is 8.61. The van der Waals surface area contributed by atoms with Crippen molar-refractivity contribution in [3.63, 3.8) is 0 Å². The van der Waals surface area contributed by atoms with Crippen molar-refractivity contribution >= 4 is 34.6 Å². The molecule has 0 aromatic heterocycles. The Hall–Kier alpha value is -3.96. The molecule has 1 unspecified atom stereocenters. The predicted octanol–water partition coefficient (Wildman–Crippen LogP) is 6.72. The lowest BCUT2D eigenvalue weighted by molar-refractivity contribution is 0.0224. The standard InChI is InChI=1S/C28H21ClN2O3/c1-31(2)18-12-13-21-26(16-18)33-25-14-11-17(30-24-10-6-5-9-23(24)29)15-22(25)28(21)20-8-4-3-7-19(20)27(32)34-28/h3-16,30H,1-2H3. The number of anilines is 3. The van der Waals surface area contributed by atoms with Crippen LogP contribution in [-0.4, -0.2) is 20.1 Å². The summed E-state index contributed by atoms with van der Waals surface area (Å²) in [5, 5.41) is 3.99. The first-order valence-electron chi connectivity index (χ1n) is 11.0. The maximum Gasteiger partial charge on any atom is 0.340 e. The van der Waals surface area contributed by atoms with E-state index in [1.54, 1.807) is 6.07 Å². The van der Waals surface area contributed by atoms with E-state index in [4.69, 9.17) is 21.1 Å². The summed E-state index contributed by atoms with van der Waals surface area (Å²) in [6.45, 7) is 0. The first kappa shape index (κ1) is 20.6. The van der Waals surface area contributed by atoms with Crippen molar-refractivity contribution in [3.8, 4) is 11.5 Å². The molecule has 34 heavy (non-hydrogen) atoms. The number of nitrogens with one attached hydrogen (secondary N) is 1. The molecular weight excluding hydrogens is 448 g/mol. The maximum absolute atomic E-state index is 13.0. The molecule has 0 aliphatic carbocycles. The molecule has 1 atom stereocenters. The Kier molecular flexibility index (Phi) is 4.57. The van der Waals surface area contributed by atoms with Crippen molar-refractivity contribution in [2.75, 3.05) is 24.3 Å². The number of hydrogen-bond acceptors (Lipinski definition) is 5. The van der Waals surface area contributed by atoms with Gasteiger partial charge in [0.2, 0.25) is 0 Å². The highest BCUT2D eigenvalue weighted by Gasteiger charge is 2.53.